The summed E-state index contributed by atoms with van der Waals surface area (Å²) in [5, 5.41) is 18.8. The Morgan fingerprint density at radius 1 is 1.00 bits per heavy atom. The average Bonchev–Trinajstić information content (AvgIpc) is 3.29. The number of phenols is 1. The number of hydrogen-bond donors (Lipinski definition) is 3. The summed E-state index contributed by atoms with van der Waals surface area (Å²) in [5.41, 5.74) is 0.892. The molecule has 7 nitrogen and oxygen atoms in total. The largest absolute Gasteiger partial charge is 0.508 e. The van der Waals surface area contributed by atoms with E-state index in [4.69, 9.17) is 0 Å². The van der Waals surface area contributed by atoms with Crippen molar-refractivity contribution in [3.8, 4) is 5.75 Å². The van der Waals surface area contributed by atoms with Crippen LogP contribution in [-0.2, 0) is 19.3 Å². The molecule has 0 radical (unpaired) electrons. The molecule has 0 atom stereocenters. The third-order valence-electron chi connectivity index (χ3n) is 4.76. The maximum Gasteiger partial charge on any atom is 0.416 e. The van der Waals surface area contributed by atoms with Gasteiger partial charge in [0.2, 0.25) is 0 Å². The first kappa shape index (κ1) is 19.5. The van der Waals surface area contributed by atoms with Crippen molar-refractivity contribution < 1.29 is 27.9 Å². The Labute approximate surface area is 168 Å². The number of H-pyrrole nitrogens is 1. The number of carbonyl (C=O) groups is 2. The van der Waals surface area contributed by atoms with E-state index in [1.54, 1.807) is 0 Å². The summed E-state index contributed by atoms with van der Waals surface area (Å²) in [4.78, 5) is 26.5. The van der Waals surface area contributed by atoms with Gasteiger partial charge in [0.15, 0.2) is 5.82 Å². The molecule has 0 aliphatic carbocycles. The molecule has 1 aromatic heterocycles. The summed E-state index contributed by atoms with van der Waals surface area (Å²) in [6, 6.07) is 9.70. The van der Waals surface area contributed by atoms with Crippen molar-refractivity contribution >= 4 is 17.6 Å². The van der Waals surface area contributed by atoms with Crippen LogP contribution in [0.1, 0.15) is 37.5 Å². The van der Waals surface area contributed by atoms with Crippen molar-refractivity contribution in [2.24, 2.45) is 0 Å². The molecule has 0 saturated carbocycles. The number of carbonyl (C=O) groups excluding carboxylic acids is 2. The molecule has 1 aliphatic rings. The van der Waals surface area contributed by atoms with Crippen LogP contribution in [0.15, 0.2) is 48.5 Å². The molecule has 0 fully saturated rings. The van der Waals surface area contributed by atoms with E-state index in [9.17, 15) is 27.9 Å². The average molecular weight is 416 g/mol. The molecule has 154 valence electrons. The van der Waals surface area contributed by atoms with E-state index in [2.05, 4.69) is 15.5 Å². The predicted molar refractivity (Wildman–Crippen MR) is 99.7 cm³/mol. The Kier molecular flexibility index (Phi) is 4.69. The number of aromatic nitrogens is 2. The van der Waals surface area contributed by atoms with Gasteiger partial charge in [-0.05, 0) is 48.5 Å². The molecule has 4 rings (SSSR count). The Morgan fingerprint density at radius 2 is 1.63 bits per heavy atom. The van der Waals surface area contributed by atoms with Crippen LogP contribution in [0.25, 0.3) is 0 Å². The van der Waals surface area contributed by atoms with E-state index in [0.29, 0.717) is 16.8 Å². The lowest BCUT2D eigenvalue weighted by molar-refractivity contribution is -0.137. The van der Waals surface area contributed by atoms with Crippen molar-refractivity contribution in [2.45, 2.75) is 19.3 Å². The van der Waals surface area contributed by atoms with Gasteiger partial charge in [0.25, 0.3) is 11.8 Å². The Balaban J connectivity index is 1.46. The fraction of sp³-hybridized carbons (Fsp3) is 0.150. The highest BCUT2D eigenvalue weighted by Gasteiger charge is 2.32. The highest BCUT2D eigenvalue weighted by Crippen LogP contribution is 2.31. The number of benzene rings is 2. The summed E-state index contributed by atoms with van der Waals surface area (Å²) < 4.78 is 38.1. The molecule has 0 spiro atoms. The number of fused-ring (bicyclic) bond motifs is 1. The molecule has 3 aromatic rings. The van der Waals surface area contributed by atoms with Crippen LogP contribution in [0, 0.1) is 0 Å². The second-order valence-corrected chi connectivity index (χ2v) is 6.77. The van der Waals surface area contributed by atoms with Crippen molar-refractivity contribution in [2.75, 3.05) is 5.32 Å². The third-order valence-corrected chi connectivity index (χ3v) is 4.76. The van der Waals surface area contributed by atoms with Crippen molar-refractivity contribution in [1.82, 2.24) is 15.1 Å². The highest BCUT2D eigenvalue weighted by atomic mass is 19.4. The van der Waals surface area contributed by atoms with E-state index in [0.717, 1.165) is 24.3 Å². The third kappa shape index (κ3) is 3.71. The van der Waals surface area contributed by atoms with Crippen LogP contribution >= 0.6 is 0 Å². The van der Waals surface area contributed by atoms with Crippen molar-refractivity contribution in [1.29, 1.82) is 0 Å². The minimum Gasteiger partial charge on any atom is -0.508 e. The zero-order chi connectivity index (χ0) is 21.5. The second kappa shape index (κ2) is 7.21. The molecule has 2 heterocycles. The van der Waals surface area contributed by atoms with Gasteiger partial charge < -0.3 is 15.3 Å². The topological polar surface area (TPSA) is 98.3 Å². The smallest absolute Gasteiger partial charge is 0.416 e. The fourth-order valence-electron chi connectivity index (χ4n) is 3.16. The first-order valence-corrected chi connectivity index (χ1v) is 8.85. The van der Waals surface area contributed by atoms with Crippen LogP contribution < -0.4 is 5.32 Å². The number of aromatic amines is 1. The van der Waals surface area contributed by atoms with Gasteiger partial charge in [-0.25, -0.2) is 0 Å². The molecule has 1 aliphatic heterocycles. The fourth-order valence-corrected chi connectivity index (χ4v) is 3.16. The van der Waals surface area contributed by atoms with E-state index in [-0.39, 0.29) is 30.2 Å². The lowest BCUT2D eigenvalue weighted by Gasteiger charge is -2.16. The molecular weight excluding hydrogens is 401 g/mol. The number of halogens is 3. The van der Waals surface area contributed by atoms with Crippen LogP contribution in [-0.4, -0.2) is 32.0 Å². The normalized spacial score (nSPS) is 13.2. The minimum atomic E-state index is -4.47. The summed E-state index contributed by atoms with van der Waals surface area (Å²) >= 11 is 0. The maximum absolute atomic E-state index is 12.7. The summed E-state index contributed by atoms with van der Waals surface area (Å²) in [6.45, 7) is 0.341. The summed E-state index contributed by atoms with van der Waals surface area (Å²) in [5.74, 6) is -0.559. The molecule has 3 N–H and O–H groups in total. The first-order chi connectivity index (χ1) is 14.2. The zero-order valence-electron chi connectivity index (χ0n) is 15.3. The van der Waals surface area contributed by atoms with Gasteiger partial charge in [0.05, 0.1) is 24.3 Å². The summed E-state index contributed by atoms with van der Waals surface area (Å²) in [7, 11) is 0. The minimum absolute atomic E-state index is 0.0321. The number of nitrogens with one attached hydrogen (secondary N) is 2. The number of nitrogens with zero attached hydrogens (tertiary/aromatic N) is 2. The molecule has 30 heavy (non-hydrogen) atoms. The van der Waals surface area contributed by atoms with Gasteiger partial charge >= 0.3 is 6.18 Å². The van der Waals surface area contributed by atoms with E-state index < -0.39 is 23.6 Å². The van der Waals surface area contributed by atoms with Gasteiger partial charge in [-0.15, -0.1) is 0 Å². The molecule has 2 aromatic carbocycles. The standard InChI is InChI=1S/C20H15F3N4O3/c21-20(22,23)13-5-1-12(2-6-13)19(30)27-9-15-16(10-27)25-26-17(15)24-18(29)11-3-7-14(28)8-4-11/h1-8,28H,9-10H2,(H2,24,25,26,29). The Morgan fingerprint density at radius 3 is 2.27 bits per heavy atom. The van der Waals surface area contributed by atoms with Crippen molar-refractivity contribution in [3.05, 3.63) is 76.5 Å². The Hall–Kier alpha value is -3.82. The predicted octanol–water partition coefficient (Wildman–Crippen LogP) is 3.54. The number of amides is 2. The van der Waals surface area contributed by atoms with E-state index in [1.807, 2.05) is 0 Å². The second-order valence-electron chi connectivity index (χ2n) is 6.77. The van der Waals surface area contributed by atoms with Gasteiger partial charge in [0.1, 0.15) is 5.75 Å². The van der Waals surface area contributed by atoms with E-state index >= 15 is 0 Å². The lowest BCUT2D eigenvalue weighted by Crippen LogP contribution is -2.26. The molecule has 0 bridgehead atoms. The first-order valence-electron chi connectivity index (χ1n) is 8.85. The van der Waals surface area contributed by atoms with Gasteiger partial charge in [-0.3, -0.25) is 14.7 Å². The Bertz CT molecular complexity index is 1110. The number of hydrogen-bond acceptors (Lipinski definition) is 4. The summed E-state index contributed by atoms with van der Waals surface area (Å²) in [6.07, 6.45) is -4.47. The van der Waals surface area contributed by atoms with Gasteiger partial charge in [-0.2, -0.15) is 18.3 Å². The van der Waals surface area contributed by atoms with Crippen LogP contribution in [0.4, 0.5) is 19.0 Å². The lowest BCUT2D eigenvalue weighted by atomic mass is 10.1. The van der Waals surface area contributed by atoms with Crippen LogP contribution in [0.2, 0.25) is 0 Å². The highest BCUT2D eigenvalue weighted by molar-refractivity contribution is 6.04. The number of anilines is 1. The van der Waals surface area contributed by atoms with Crippen molar-refractivity contribution in [3.63, 3.8) is 0 Å². The number of alkyl halides is 3. The SMILES string of the molecule is O=C(Nc1n[nH]c2c1CN(C(=O)c1ccc(C(F)(F)F)cc1)C2)c1ccc(O)cc1. The number of phenolic OH excluding ortho intramolecular Hbond substituents is 1. The molecule has 10 heteroatoms. The number of aromatic hydroxyl groups is 1. The number of rotatable bonds is 3. The van der Waals surface area contributed by atoms with E-state index in [1.165, 1.54) is 29.2 Å². The quantitative estimate of drug-likeness (QED) is 0.608. The monoisotopic (exact) mass is 416 g/mol. The van der Waals surface area contributed by atoms with Crippen LogP contribution in [0.3, 0.4) is 0 Å². The van der Waals surface area contributed by atoms with Gasteiger partial charge in [0, 0.05) is 16.7 Å². The zero-order valence-corrected chi connectivity index (χ0v) is 15.3. The molecule has 2 amide bonds. The maximum atomic E-state index is 12.7. The molecular formula is C20H15F3N4O3. The molecule has 0 unspecified atom stereocenters. The van der Waals surface area contributed by atoms with Gasteiger partial charge in [-0.1, -0.05) is 0 Å². The molecule has 0 saturated heterocycles. The van der Waals surface area contributed by atoms with Crippen LogP contribution in [0.5, 0.6) is 5.75 Å².